The number of halogens is 1. The summed E-state index contributed by atoms with van der Waals surface area (Å²) < 4.78 is 0. The van der Waals surface area contributed by atoms with Crippen LogP contribution in [0.2, 0.25) is 5.02 Å². The first-order valence-corrected chi connectivity index (χ1v) is 7.14. The smallest absolute Gasteiger partial charge is 0.161 e. The van der Waals surface area contributed by atoms with Crippen molar-refractivity contribution in [3.8, 4) is 0 Å². The van der Waals surface area contributed by atoms with Gasteiger partial charge >= 0.3 is 0 Å². The molecular weight excluding hydrogens is 278 g/mol. The van der Waals surface area contributed by atoms with Gasteiger partial charge in [0.2, 0.25) is 0 Å². The van der Waals surface area contributed by atoms with Crippen LogP contribution in [-0.4, -0.2) is 19.6 Å². The molecule has 0 bridgehead atoms. The summed E-state index contributed by atoms with van der Waals surface area (Å²) in [6, 6.07) is 5.88. The highest BCUT2D eigenvalue weighted by atomic mass is 35.5. The molecule has 0 unspecified atom stereocenters. The van der Waals surface area contributed by atoms with Crippen molar-refractivity contribution in [3.05, 3.63) is 45.0 Å². The first-order valence-electron chi connectivity index (χ1n) is 5.78. The molecule has 0 aromatic heterocycles. The number of amidine groups is 1. The Morgan fingerprint density at radius 3 is 2.63 bits per heavy atom. The molecule has 2 N–H and O–H groups in total. The van der Waals surface area contributed by atoms with Gasteiger partial charge in [-0.2, -0.15) is 0 Å². The molecule has 19 heavy (non-hydrogen) atoms. The molecule has 0 aliphatic heterocycles. The average molecular weight is 296 g/mol. The van der Waals surface area contributed by atoms with Crippen molar-refractivity contribution in [2.75, 3.05) is 7.05 Å². The Kier molecular flexibility index (Phi) is 6.12. The third kappa shape index (κ3) is 4.11. The Morgan fingerprint density at radius 1 is 1.47 bits per heavy atom. The molecule has 1 aromatic carbocycles. The number of nitrogens with zero attached hydrogens (tertiary/aromatic N) is 2. The van der Waals surface area contributed by atoms with Crippen LogP contribution in [0.15, 0.2) is 38.8 Å². The Morgan fingerprint density at radius 2 is 2.16 bits per heavy atom. The van der Waals surface area contributed by atoms with E-state index >= 15 is 0 Å². The molecule has 0 atom stereocenters. The van der Waals surface area contributed by atoms with Crippen LogP contribution in [0, 0.1) is 6.92 Å². The molecule has 0 saturated heterocycles. The van der Waals surface area contributed by atoms with Crippen LogP contribution >= 0.6 is 23.4 Å². The second kappa shape index (κ2) is 7.36. The highest BCUT2D eigenvalue weighted by Gasteiger charge is 2.11. The van der Waals surface area contributed by atoms with Gasteiger partial charge < -0.3 is 5.73 Å². The largest absolute Gasteiger partial charge is 0.401 e. The normalized spacial score (nSPS) is 13.2. The number of nitrogens with two attached hydrogens (primary N) is 1. The van der Waals surface area contributed by atoms with E-state index in [0.29, 0.717) is 11.5 Å². The Balaban J connectivity index is 2.96. The molecular formula is C14H18ClN3S. The van der Waals surface area contributed by atoms with Gasteiger partial charge in [0.25, 0.3) is 0 Å². The Hall–Kier alpha value is -1.26. The molecule has 0 amide bonds. The van der Waals surface area contributed by atoms with Gasteiger partial charge in [-0.3, -0.25) is 4.99 Å². The number of rotatable bonds is 4. The number of hydrogen-bond donors (Lipinski definition) is 1. The van der Waals surface area contributed by atoms with Gasteiger partial charge in [0, 0.05) is 23.5 Å². The lowest BCUT2D eigenvalue weighted by atomic mass is 10.1. The van der Waals surface area contributed by atoms with E-state index < -0.39 is 0 Å². The zero-order chi connectivity index (χ0) is 14.4. The van der Waals surface area contributed by atoms with E-state index in [0.717, 1.165) is 26.8 Å². The third-order valence-corrected chi connectivity index (χ3v) is 4.22. The van der Waals surface area contributed by atoms with Gasteiger partial charge in [0.15, 0.2) is 5.84 Å². The maximum Gasteiger partial charge on any atom is 0.161 e. The van der Waals surface area contributed by atoms with Gasteiger partial charge in [-0.15, -0.1) is 11.8 Å². The fourth-order valence-corrected chi connectivity index (χ4v) is 3.14. The van der Waals surface area contributed by atoms with Crippen LogP contribution < -0.4 is 5.73 Å². The van der Waals surface area contributed by atoms with E-state index in [4.69, 9.17) is 17.3 Å². The van der Waals surface area contributed by atoms with Crippen molar-refractivity contribution >= 4 is 35.9 Å². The van der Waals surface area contributed by atoms with Gasteiger partial charge in [-0.05, 0) is 37.8 Å². The standard InChI is InChI=1S/C14H18ClN3S/c1-9-6-5-7-12(15)11(9)8-19-13(10(2)16)14(17-3)18-4/h5-7H,3,8,16H2,1-2,4H3/b13-10-,18-14?. The average Bonchev–Trinajstić information content (AvgIpc) is 2.36. The summed E-state index contributed by atoms with van der Waals surface area (Å²) in [6.45, 7) is 7.39. The van der Waals surface area contributed by atoms with Crippen molar-refractivity contribution in [3.63, 3.8) is 0 Å². The predicted molar refractivity (Wildman–Crippen MR) is 87.3 cm³/mol. The van der Waals surface area contributed by atoms with E-state index in [9.17, 15) is 0 Å². The molecule has 0 aliphatic carbocycles. The third-order valence-electron chi connectivity index (χ3n) is 2.64. The van der Waals surface area contributed by atoms with E-state index in [1.165, 1.54) is 0 Å². The number of aryl methyl sites for hydroxylation is 1. The van der Waals surface area contributed by atoms with Crippen LogP contribution in [0.4, 0.5) is 0 Å². The molecule has 102 valence electrons. The number of aliphatic imine (C=N–C) groups is 2. The minimum atomic E-state index is 0.565. The molecule has 0 saturated carbocycles. The van der Waals surface area contributed by atoms with Crippen LogP contribution in [0.1, 0.15) is 18.1 Å². The highest BCUT2D eigenvalue weighted by molar-refractivity contribution is 8.03. The summed E-state index contributed by atoms with van der Waals surface area (Å²) in [7, 11) is 1.67. The lowest BCUT2D eigenvalue weighted by Gasteiger charge is -2.11. The van der Waals surface area contributed by atoms with Crippen molar-refractivity contribution in [1.82, 2.24) is 0 Å². The topological polar surface area (TPSA) is 50.7 Å². The van der Waals surface area contributed by atoms with E-state index in [1.807, 2.05) is 32.0 Å². The molecule has 5 heteroatoms. The van der Waals surface area contributed by atoms with Gasteiger partial charge in [0.1, 0.15) is 0 Å². The van der Waals surface area contributed by atoms with Gasteiger partial charge in [-0.25, -0.2) is 4.99 Å². The van der Waals surface area contributed by atoms with Crippen molar-refractivity contribution in [2.24, 2.45) is 15.7 Å². The fraction of sp³-hybridized carbons (Fsp3) is 0.286. The minimum Gasteiger partial charge on any atom is -0.401 e. The number of benzene rings is 1. The van der Waals surface area contributed by atoms with Crippen LogP contribution in [0.3, 0.4) is 0 Å². The molecule has 0 spiro atoms. The molecule has 1 aromatic rings. The number of thioether (sulfide) groups is 1. The van der Waals surface area contributed by atoms with E-state index in [1.54, 1.807) is 18.8 Å². The quantitative estimate of drug-likeness (QED) is 0.678. The zero-order valence-corrected chi connectivity index (χ0v) is 13.0. The Bertz CT molecular complexity index is 511. The molecule has 0 fully saturated rings. The number of hydrogen-bond acceptors (Lipinski definition) is 3. The summed E-state index contributed by atoms with van der Waals surface area (Å²) in [5, 5.41) is 0.767. The first-order chi connectivity index (χ1) is 9.01. The Labute approximate surface area is 123 Å². The molecule has 0 radical (unpaired) electrons. The van der Waals surface area contributed by atoms with E-state index in [2.05, 4.69) is 16.7 Å². The minimum absolute atomic E-state index is 0.565. The summed E-state index contributed by atoms with van der Waals surface area (Å²) >= 11 is 7.79. The van der Waals surface area contributed by atoms with Gasteiger partial charge in [0.05, 0.1) is 4.91 Å². The summed E-state index contributed by atoms with van der Waals surface area (Å²) in [5.74, 6) is 1.29. The highest BCUT2D eigenvalue weighted by Crippen LogP contribution is 2.29. The summed E-state index contributed by atoms with van der Waals surface area (Å²) in [5.41, 5.74) is 8.84. The predicted octanol–water partition coefficient (Wildman–Crippen LogP) is 3.80. The second-order valence-corrected chi connectivity index (χ2v) is 5.43. The monoisotopic (exact) mass is 295 g/mol. The van der Waals surface area contributed by atoms with Crippen molar-refractivity contribution in [1.29, 1.82) is 0 Å². The maximum absolute atomic E-state index is 6.21. The van der Waals surface area contributed by atoms with Crippen molar-refractivity contribution in [2.45, 2.75) is 19.6 Å². The lowest BCUT2D eigenvalue weighted by Crippen LogP contribution is -2.05. The summed E-state index contributed by atoms with van der Waals surface area (Å²) in [6.07, 6.45) is 0. The van der Waals surface area contributed by atoms with Gasteiger partial charge in [-0.1, -0.05) is 23.7 Å². The fourth-order valence-electron chi connectivity index (χ4n) is 1.59. The maximum atomic E-state index is 6.21. The lowest BCUT2D eigenvalue weighted by molar-refractivity contribution is 1.28. The molecule has 0 aliphatic rings. The van der Waals surface area contributed by atoms with Crippen LogP contribution in [0.5, 0.6) is 0 Å². The van der Waals surface area contributed by atoms with Crippen LogP contribution in [-0.2, 0) is 5.75 Å². The SMILES string of the molecule is C=NC(=NC)/C(SCc1c(C)cccc1Cl)=C(\C)N. The molecule has 3 nitrogen and oxygen atoms in total. The van der Waals surface area contributed by atoms with Crippen molar-refractivity contribution < 1.29 is 0 Å². The number of allylic oxidation sites excluding steroid dienone is 1. The molecule has 0 heterocycles. The van der Waals surface area contributed by atoms with Crippen LogP contribution in [0.25, 0.3) is 0 Å². The second-order valence-electron chi connectivity index (χ2n) is 4.04. The van der Waals surface area contributed by atoms with E-state index in [-0.39, 0.29) is 0 Å². The first kappa shape index (κ1) is 15.8. The summed E-state index contributed by atoms with van der Waals surface area (Å²) in [4.78, 5) is 8.82. The zero-order valence-electron chi connectivity index (χ0n) is 11.4. The molecule has 1 rings (SSSR count).